The number of hydrogen-bond acceptors (Lipinski definition) is 8. The number of aryl methyl sites for hydroxylation is 1. The Kier molecular flexibility index (Phi) is 11.8. The maximum atomic E-state index is 14.6. The van der Waals surface area contributed by atoms with Gasteiger partial charge in [-0.15, -0.1) is 0 Å². The Hall–Kier alpha value is -4.67. The molecule has 11 heteroatoms. The van der Waals surface area contributed by atoms with E-state index < -0.39 is 5.97 Å². The number of carbonyl (C=O) groups excluding carboxylic acids is 2. The molecule has 5 rings (SSSR count). The second-order valence-electron chi connectivity index (χ2n) is 17.0. The van der Waals surface area contributed by atoms with E-state index in [2.05, 4.69) is 56.7 Å². The number of aromatic hydroxyl groups is 1. The second-order valence-corrected chi connectivity index (χ2v) is 17.0. The number of benzene rings is 1. The highest BCUT2D eigenvalue weighted by Crippen LogP contribution is 2.45. The van der Waals surface area contributed by atoms with E-state index in [-0.39, 0.29) is 46.7 Å². The molecule has 11 nitrogen and oxygen atoms in total. The molecule has 3 heterocycles. The number of pyridine rings is 2. The average molecular weight is 714 g/mol. The number of rotatable bonds is 13. The Balaban J connectivity index is 1.30. The number of phenols is 1. The Morgan fingerprint density at radius 3 is 2.33 bits per heavy atom. The number of amides is 2. The lowest BCUT2D eigenvalue weighted by atomic mass is 9.92. The number of aromatic nitrogens is 2. The average Bonchev–Trinajstić information content (AvgIpc) is 3.92. The molecular weight excluding hydrogens is 658 g/mol. The predicted octanol–water partition coefficient (Wildman–Crippen LogP) is 7.22. The van der Waals surface area contributed by atoms with Crippen LogP contribution in [-0.2, 0) is 4.79 Å². The zero-order valence-corrected chi connectivity index (χ0v) is 31.7. The first-order valence-electron chi connectivity index (χ1n) is 18.4. The number of aliphatic carboxylic acids is 1. The molecule has 2 fully saturated rings. The van der Waals surface area contributed by atoms with Crippen LogP contribution in [0.15, 0.2) is 48.7 Å². The van der Waals surface area contributed by atoms with Crippen LogP contribution in [0.5, 0.6) is 11.6 Å². The van der Waals surface area contributed by atoms with Crippen LogP contribution in [0.25, 0.3) is 0 Å². The summed E-state index contributed by atoms with van der Waals surface area (Å²) in [6, 6.07) is 12.1. The Labute approximate surface area is 307 Å². The van der Waals surface area contributed by atoms with Crippen LogP contribution >= 0.6 is 0 Å². The fraction of sp³-hybridized carbons (Fsp3) is 0.537. The van der Waals surface area contributed by atoms with Gasteiger partial charge >= 0.3 is 5.97 Å². The standard InChI is InChI=1S/C41H55N5O6/c1-26-18-30(38(50)43-24-40(2,3)4)19-35(44-26)46(25-41(5,6)7)39(51)32-11-10-31(47)21-34(32)45-16-13-27(14-17-45)23-52-36-20-29(12-15-42-36)33(22-37(48)49)28-8-9-28/h10-12,15,18-21,27-28,33,47H,8-9,13-14,16-17,22-25H2,1-7H3,(H,43,50)(H,48,49). The number of anilines is 2. The number of hydrogen-bond donors (Lipinski definition) is 3. The first kappa shape index (κ1) is 38.6. The summed E-state index contributed by atoms with van der Waals surface area (Å²) in [7, 11) is 0. The fourth-order valence-corrected chi connectivity index (χ4v) is 6.73. The van der Waals surface area contributed by atoms with Gasteiger partial charge in [-0.05, 0) is 97.1 Å². The number of phenolic OH excluding ortho intramolecular Hbond substituents is 1. The molecule has 2 amide bonds. The van der Waals surface area contributed by atoms with Gasteiger partial charge in [0, 0.05) is 55.8 Å². The van der Waals surface area contributed by atoms with E-state index >= 15 is 0 Å². The summed E-state index contributed by atoms with van der Waals surface area (Å²) in [4.78, 5) is 52.2. The van der Waals surface area contributed by atoms with Gasteiger partial charge in [-0.3, -0.25) is 19.3 Å². The highest BCUT2D eigenvalue weighted by Gasteiger charge is 2.34. The van der Waals surface area contributed by atoms with Crippen LogP contribution in [0.1, 0.15) is 112 Å². The Morgan fingerprint density at radius 1 is 0.981 bits per heavy atom. The zero-order chi connectivity index (χ0) is 37.8. The van der Waals surface area contributed by atoms with Gasteiger partial charge in [0.05, 0.1) is 24.3 Å². The first-order valence-corrected chi connectivity index (χ1v) is 18.4. The molecule has 1 unspecified atom stereocenters. The van der Waals surface area contributed by atoms with E-state index in [9.17, 15) is 24.6 Å². The SMILES string of the molecule is Cc1cc(C(=O)NCC(C)(C)C)cc(N(CC(C)(C)C)C(=O)c2ccc(O)cc2N2CCC(COc3cc(C(CC(=O)O)C4CC4)ccn3)CC2)n1. The number of nitrogens with one attached hydrogen (secondary N) is 1. The topological polar surface area (TPSA) is 145 Å². The third-order valence-electron chi connectivity index (χ3n) is 9.54. The molecule has 1 aliphatic carbocycles. The minimum Gasteiger partial charge on any atom is -0.508 e. The van der Waals surface area contributed by atoms with Crippen molar-refractivity contribution >= 4 is 29.3 Å². The molecule has 1 saturated carbocycles. The van der Waals surface area contributed by atoms with Crippen LogP contribution in [0, 0.1) is 29.6 Å². The molecule has 52 heavy (non-hydrogen) atoms. The third-order valence-corrected chi connectivity index (χ3v) is 9.54. The van der Waals surface area contributed by atoms with Crippen molar-refractivity contribution in [2.24, 2.45) is 22.7 Å². The molecule has 1 aromatic carbocycles. The molecule has 3 N–H and O–H groups in total. The number of nitrogens with zero attached hydrogens (tertiary/aromatic N) is 4. The lowest BCUT2D eigenvalue weighted by Crippen LogP contribution is -2.41. The van der Waals surface area contributed by atoms with Crippen molar-refractivity contribution in [3.8, 4) is 11.6 Å². The minimum absolute atomic E-state index is 0.0220. The monoisotopic (exact) mass is 713 g/mol. The van der Waals surface area contributed by atoms with E-state index in [0.29, 0.717) is 72.9 Å². The Morgan fingerprint density at radius 2 is 1.69 bits per heavy atom. The molecule has 280 valence electrons. The highest BCUT2D eigenvalue weighted by molar-refractivity contribution is 6.10. The van der Waals surface area contributed by atoms with Crippen LogP contribution < -0.4 is 19.9 Å². The largest absolute Gasteiger partial charge is 0.508 e. The van der Waals surface area contributed by atoms with Crippen molar-refractivity contribution in [1.82, 2.24) is 15.3 Å². The van der Waals surface area contributed by atoms with Gasteiger partial charge in [-0.25, -0.2) is 9.97 Å². The molecular formula is C41H55N5O6. The van der Waals surface area contributed by atoms with Crippen molar-refractivity contribution < 1.29 is 29.3 Å². The van der Waals surface area contributed by atoms with Gasteiger partial charge in [0.1, 0.15) is 11.6 Å². The quantitative estimate of drug-likeness (QED) is 0.167. The van der Waals surface area contributed by atoms with Gasteiger partial charge in [0.15, 0.2) is 0 Å². The predicted molar refractivity (Wildman–Crippen MR) is 202 cm³/mol. The normalized spacial score (nSPS) is 15.9. The Bertz CT molecular complexity index is 1750. The number of carboxylic acid groups (broad SMARTS) is 1. The lowest BCUT2D eigenvalue weighted by molar-refractivity contribution is -0.137. The summed E-state index contributed by atoms with van der Waals surface area (Å²) < 4.78 is 6.14. The molecule has 1 atom stereocenters. The van der Waals surface area contributed by atoms with Crippen LogP contribution in [-0.4, -0.2) is 70.8 Å². The van der Waals surface area contributed by atoms with E-state index in [1.165, 1.54) is 6.07 Å². The van der Waals surface area contributed by atoms with E-state index in [1.54, 1.807) is 35.4 Å². The van der Waals surface area contributed by atoms with Crippen LogP contribution in [0.3, 0.4) is 0 Å². The lowest BCUT2D eigenvalue weighted by Gasteiger charge is -2.36. The second kappa shape index (κ2) is 15.9. The van der Waals surface area contributed by atoms with Gasteiger partial charge in [-0.1, -0.05) is 41.5 Å². The zero-order valence-electron chi connectivity index (χ0n) is 31.7. The van der Waals surface area contributed by atoms with Gasteiger partial charge in [-0.2, -0.15) is 0 Å². The summed E-state index contributed by atoms with van der Waals surface area (Å²) in [5.41, 5.74) is 2.77. The van der Waals surface area contributed by atoms with Gasteiger partial charge < -0.3 is 25.2 Å². The summed E-state index contributed by atoms with van der Waals surface area (Å²) >= 11 is 0. The van der Waals surface area contributed by atoms with Crippen molar-refractivity contribution in [3.05, 3.63) is 71.0 Å². The molecule has 2 aliphatic rings. The van der Waals surface area contributed by atoms with Crippen molar-refractivity contribution in [3.63, 3.8) is 0 Å². The minimum atomic E-state index is -0.793. The summed E-state index contributed by atoms with van der Waals surface area (Å²) in [5, 5.41) is 23.0. The van der Waals surface area contributed by atoms with E-state index in [0.717, 1.165) is 31.2 Å². The summed E-state index contributed by atoms with van der Waals surface area (Å²) in [6.45, 7) is 16.8. The van der Waals surface area contributed by atoms with Crippen LogP contribution in [0.4, 0.5) is 11.5 Å². The number of ether oxygens (including phenoxy) is 1. The maximum absolute atomic E-state index is 14.6. The molecule has 3 aromatic rings. The molecule has 1 saturated heterocycles. The maximum Gasteiger partial charge on any atom is 0.303 e. The highest BCUT2D eigenvalue weighted by atomic mass is 16.5. The van der Waals surface area contributed by atoms with Crippen molar-refractivity contribution in [2.45, 2.75) is 86.5 Å². The van der Waals surface area contributed by atoms with Gasteiger partial charge in [0.2, 0.25) is 5.88 Å². The molecule has 2 aromatic heterocycles. The molecule has 0 radical (unpaired) electrons. The number of piperidine rings is 1. The summed E-state index contributed by atoms with van der Waals surface area (Å²) in [5.74, 6) is 0.359. The van der Waals surface area contributed by atoms with E-state index in [1.807, 2.05) is 19.1 Å². The fourth-order valence-electron chi connectivity index (χ4n) is 6.73. The molecule has 0 bridgehead atoms. The first-order chi connectivity index (χ1) is 24.5. The summed E-state index contributed by atoms with van der Waals surface area (Å²) in [6.07, 6.45) is 5.53. The van der Waals surface area contributed by atoms with Crippen molar-refractivity contribution in [2.75, 3.05) is 42.6 Å². The van der Waals surface area contributed by atoms with Crippen molar-refractivity contribution in [1.29, 1.82) is 0 Å². The smallest absolute Gasteiger partial charge is 0.303 e. The number of carbonyl (C=O) groups is 3. The third kappa shape index (κ3) is 10.7. The van der Waals surface area contributed by atoms with E-state index in [4.69, 9.17) is 9.72 Å². The van der Waals surface area contributed by atoms with Crippen LogP contribution in [0.2, 0.25) is 0 Å². The van der Waals surface area contributed by atoms with Gasteiger partial charge in [0.25, 0.3) is 11.8 Å². The number of carboxylic acids is 1. The molecule has 1 aliphatic heterocycles. The molecule has 0 spiro atoms.